The third-order valence-electron chi connectivity index (χ3n) is 4.46. The fraction of sp³-hybridized carbons (Fsp3) is 0.400. The summed E-state index contributed by atoms with van der Waals surface area (Å²) in [6, 6.07) is 4.36. The van der Waals surface area contributed by atoms with Crippen LogP contribution in [-0.4, -0.2) is 30.8 Å². The standard InChI is InChI=1S/C15H16ClFN4O2S/c16-11-2-1-9(5-12(11)17)10-6-13(10)20-24(22,23)15-8-19-21-4-3-18-7-14(15)21/h1-2,5,8,10,13,18,20H,3-4,6-7H2/t10-,13+/m0/s1. The van der Waals surface area contributed by atoms with Crippen LogP contribution in [0.2, 0.25) is 5.02 Å². The van der Waals surface area contributed by atoms with Crippen molar-refractivity contribution in [1.29, 1.82) is 0 Å². The van der Waals surface area contributed by atoms with E-state index in [1.807, 2.05) is 0 Å². The molecule has 1 aliphatic carbocycles. The molecule has 6 nitrogen and oxygen atoms in total. The van der Waals surface area contributed by atoms with Crippen LogP contribution in [0.15, 0.2) is 29.3 Å². The van der Waals surface area contributed by atoms with Crippen molar-refractivity contribution in [2.24, 2.45) is 0 Å². The summed E-state index contributed by atoms with van der Waals surface area (Å²) in [7, 11) is -3.65. The number of hydrogen-bond donors (Lipinski definition) is 2. The summed E-state index contributed by atoms with van der Waals surface area (Å²) in [5.41, 5.74) is 1.42. The topological polar surface area (TPSA) is 76.0 Å². The Kier molecular flexibility index (Phi) is 3.87. The Labute approximate surface area is 144 Å². The van der Waals surface area contributed by atoms with Crippen LogP contribution in [0.5, 0.6) is 0 Å². The summed E-state index contributed by atoms with van der Waals surface area (Å²) in [4.78, 5) is 0.211. The van der Waals surface area contributed by atoms with Crippen molar-refractivity contribution < 1.29 is 12.8 Å². The predicted octanol–water partition coefficient (Wildman–Crippen LogP) is 1.61. The van der Waals surface area contributed by atoms with Gasteiger partial charge in [0.15, 0.2) is 0 Å². The highest BCUT2D eigenvalue weighted by Gasteiger charge is 2.42. The van der Waals surface area contributed by atoms with E-state index in [0.29, 0.717) is 25.2 Å². The van der Waals surface area contributed by atoms with Crippen molar-refractivity contribution in [3.05, 3.63) is 46.5 Å². The average Bonchev–Trinajstić information content (AvgIpc) is 3.15. The Hall–Kier alpha value is -1.48. The Morgan fingerprint density at radius 2 is 2.25 bits per heavy atom. The highest BCUT2D eigenvalue weighted by molar-refractivity contribution is 7.89. The molecule has 9 heteroatoms. The average molecular weight is 371 g/mol. The molecule has 4 rings (SSSR count). The number of halogens is 2. The van der Waals surface area contributed by atoms with Gasteiger partial charge in [0.05, 0.1) is 23.5 Å². The van der Waals surface area contributed by atoms with Gasteiger partial charge in [0, 0.05) is 25.0 Å². The van der Waals surface area contributed by atoms with E-state index < -0.39 is 15.8 Å². The third-order valence-corrected chi connectivity index (χ3v) is 6.30. The van der Waals surface area contributed by atoms with E-state index in [0.717, 1.165) is 12.1 Å². The number of sulfonamides is 1. The number of aromatic nitrogens is 2. The molecule has 1 aromatic carbocycles. The molecule has 0 unspecified atom stereocenters. The first-order valence-electron chi connectivity index (χ1n) is 7.68. The van der Waals surface area contributed by atoms with Crippen LogP contribution in [0.4, 0.5) is 4.39 Å². The van der Waals surface area contributed by atoms with Gasteiger partial charge in [-0.1, -0.05) is 17.7 Å². The Morgan fingerprint density at radius 3 is 3.04 bits per heavy atom. The molecule has 0 spiro atoms. The minimum Gasteiger partial charge on any atom is -0.309 e. The summed E-state index contributed by atoms with van der Waals surface area (Å²) in [6.07, 6.45) is 2.03. The zero-order chi connectivity index (χ0) is 16.9. The quantitative estimate of drug-likeness (QED) is 0.857. The van der Waals surface area contributed by atoms with Gasteiger partial charge < -0.3 is 5.32 Å². The number of rotatable bonds is 4. The lowest BCUT2D eigenvalue weighted by atomic mass is 10.1. The lowest BCUT2D eigenvalue weighted by molar-refractivity contribution is 0.469. The summed E-state index contributed by atoms with van der Waals surface area (Å²) in [5, 5.41) is 7.36. The molecule has 1 saturated carbocycles. The number of nitrogens with one attached hydrogen (secondary N) is 2. The zero-order valence-corrected chi connectivity index (χ0v) is 14.2. The Bertz CT molecular complexity index is 899. The van der Waals surface area contributed by atoms with Gasteiger partial charge in [-0.3, -0.25) is 4.68 Å². The van der Waals surface area contributed by atoms with Crippen LogP contribution in [0.3, 0.4) is 0 Å². The summed E-state index contributed by atoms with van der Waals surface area (Å²) >= 11 is 5.68. The van der Waals surface area contributed by atoms with Crippen LogP contribution in [0.25, 0.3) is 0 Å². The second-order valence-electron chi connectivity index (χ2n) is 6.10. The van der Waals surface area contributed by atoms with Gasteiger partial charge in [-0.25, -0.2) is 17.5 Å². The third kappa shape index (κ3) is 2.83. The molecule has 0 bridgehead atoms. The van der Waals surface area contributed by atoms with E-state index >= 15 is 0 Å². The van der Waals surface area contributed by atoms with E-state index in [1.165, 1.54) is 18.3 Å². The van der Waals surface area contributed by atoms with Gasteiger partial charge in [-0.15, -0.1) is 0 Å². The van der Waals surface area contributed by atoms with Gasteiger partial charge in [0.2, 0.25) is 10.0 Å². The maximum atomic E-state index is 13.6. The van der Waals surface area contributed by atoms with Crippen LogP contribution in [0, 0.1) is 5.82 Å². The van der Waals surface area contributed by atoms with Crippen LogP contribution in [0.1, 0.15) is 23.6 Å². The first-order valence-corrected chi connectivity index (χ1v) is 9.54. The number of benzene rings is 1. The summed E-state index contributed by atoms with van der Waals surface area (Å²) in [6.45, 7) is 1.90. The van der Waals surface area contributed by atoms with Gasteiger partial charge in [0.25, 0.3) is 0 Å². The molecule has 1 aromatic heterocycles. The van der Waals surface area contributed by atoms with E-state index in [1.54, 1.807) is 10.7 Å². The molecule has 0 amide bonds. The van der Waals surface area contributed by atoms with Crippen LogP contribution >= 0.6 is 11.6 Å². The Balaban J connectivity index is 1.51. The largest absolute Gasteiger partial charge is 0.309 e. The maximum Gasteiger partial charge on any atom is 0.244 e. The molecule has 2 heterocycles. The highest BCUT2D eigenvalue weighted by Crippen LogP contribution is 2.42. The fourth-order valence-electron chi connectivity index (χ4n) is 3.08. The van der Waals surface area contributed by atoms with Gasteiger partial charge in [-0.05, 0) is 24.1 Å². The molecule has 24 heavy (non-hydrogen) atoms. The van der Waals surface area contributed by atoms with Crippen molar-refractivity contribution in [3.8, 4) is 0 Å². The fourth-order valence-corrected chi connectivity index (χ4v) is 4.66. The predicted molar refractivity (Wildman–Crippen MR) is 86.8 cm³/mol. The molecule has 128 valence electrons. The van der Waals surface area contributed by atoms with Gasteiger partial charge in [0.1, 0.15) is 10.7 Å². The van der Waals surface area contributed by atoms with Crippen molar-refractivity contribution in [2.75, 3.05) is 6.54 Å². The SMILES string of the molecule is O=S(=O)(N[C@@H]1C[C@H]1c1ccc(Cl)c(F)c1)c1cnn2c1CNCC2. The highest BCUT2D eigenvalue weighted by atomic mass is 35.5. The molecular weight excluding hydrogens is 355 g/mol. The number of nitrogens with zero attached hydrogens (tertiary/aromatic N) is 2. The van der Waals surface area contributed by atoms with E-state index in [-0.39, 0.29) is 21.9 Å². The number of hydrogen-bond acceptors (Lipinski definition) is 4. The van der Waals surface area contributed by atoms with Crippen LogP contribution < -0.4 is 10.0 Å². The molecule has 2 aliphatic rings. The first kappa shape index (κ1) is 16.0. The molecule has 0 radical (unpaired) electrons. The van der Waals surface area contributed by atoms with E-state index in [2.05, 4.69) is 15.1 Å². The molecule has 2 atom stereocenters. The minimum absolute atomic E-state index is 0.0314. The maximum absolute atomic E-state index is 13.6. The number of fused-ring (bicyclic) bond motifs is 1. The zero-order valence-electron chi connectivity index (χ0n) is 12.7. The van der Waals surface area contributed by atoms with E-state index in [9.17, 15) is 12.8 Å². The Morgan fingerprint density at radius 1 is 1.42 bits per heavy atom. The molecule has 0 saturated heterocycles. The summed E-state index contributed by atoms with van der Waals surface area (Å²) in [5.74, 6) is -0.518. The van der Waals surface area contributed by atoms with Crippen molar-refractivity contribution in [2.45, 2.75) is 36.4 Å². The second-order valence-corrected chi connectivity index (χ2v) is 8.19. The molecule has 2 N–H and O–H groups in total. The van der Waals surface area contributed by atoms with Gasteiger partial charge in [-0.2, -0.15) is 5.10 Å². The van der Waals surface area contributed by atoms with Crippen molar-refractivity contribution in [3.63, 3.8) is 0 Å². The van der Waals surface area contributed by atoms with Crippen molar-refractivity contribution >= 4 is 21.6 Å². The van der Waals surface area contributed by atoms with Gasteiger partial charge >= 0.3 is 0 Å². The molecular formula is C15H16ClFN4O2S. The molecule has 1 fully saturated rings. The molecule has 2 aromatic rings. The lowest BCUT2D eigenvalue weighted by Crippen LogP contribution is -2.32. The van der Waals surface area contributed by atoms with Crippen molar-refractivity contribution in [1.82, 2.24) is 19.8 Å². The minimum atomic E-state index is -3.65. The normalized spacial score (nSPS) is 23.1. The van der Waals surface area contributed by atoms with E-state index in [4.69, 9.17) is 11.6 Å². The lowest BCUT2D eigenvalue weighted by Gasteiger charge is -2.16. The second kappa shape index (κ2) is 5.80. The summed E-state index contributed by atoms with van der Waals surface area (Å²) < 4.78 is 43.2. The monoisotopic (exact) mass is 370 g/mol. The first-order chi connectivity index (χ1) is 11.5. The van der Waals surface area contributed by atoms with Crippen LogP contribution in [-0.2, 0) is 23.1 Å². The molecule has 1 aliphatic heterocycles. The smallest absolute Gasteiger partial charge is 0.244 e.